The predicted octanol–water partition coefficient (Wildman–Crippen LogP) is -0.117. The van der Waals surface area contributed by atoms with Gasteiger partial charge >= 0.3 is 16.4 Å². The van der Waals surface area contributed by atoms with E-state index < -0.39 is 23.2 Å². The van der Waals surface area contributed by atoms with Crippen LogP contribution in [0.4, 0.5) is 0 Å². The maximum atomic E-state index is 10.6. The van der Waals surface area contributed by atoms with Gasteiger partial charge in [0.1, 0.15) is 0 Å². The SMILES string of the molecule is C=C(C)C(=O)OCOS(=O)(=O)O. The van der Waals surface area contributed by atoms with Crippen LogP contribution in [0.3, 0.4) is 0 Å². The molecule has 0 bridgehead atoms. The number of hydrogen-bond acceptors (Lipinski definition) is 5. The zero-order chi connectivity index (χ0) is 9.78. The summed E-state index contributed by atoms with van der Waals surface area (Å²) in [5, 5.41) is 0. The molecular weight excluding hydrogens is 188 g/mol. The Hall–Kier alpha value is -0.920. The normalized spacial score (nSPS) is 10.8. The lowest BCUT2D eigenvalue weighted by atomic mass is 10.4. The number of rotatable bonds is 4. The molecule has 0 aliphatic rings. The lowest BCUT2D eigenvalue weighted by Crippen LogP contribution is -2.12. The molecule has 0 spiro atoms. The summed E-state index contributed by atoms with van der Waals surface area (Å²) in [5.41, 5.74) is 0.105. The summed E-state index contributed by atoms with van der Waals surface area (Å²) < 4.78 is 35.7. The van der Waals surface area contributed by atoms with Gasteiger partial charge in [0.05, 0.1) is 0 Å². The van der Waals surface area contributed by atoms with Gasteiger partial charge in [-0.15, -0.1) is 0 Å². The molecule has 0 aromatic rings. The lowest BCUT2D eigenvalue weighted by Gasteiger charge is -2.01. The molecule has 0 rings (SSSR count). The Kier molecular flexibility index (Phi) is 3.87. The highest BCUT2D eigenvalue weighted by molar-refractivity contribution is 7.80. The van der Waals surface area contributed by atoms with E-state index in [9.17, 15) is 13.2 Å². The molecule has 70 valence electrons. The fourth-order valence-electron chi connectivity index (χ4n) is 0.262. The molecule has 0 aromatic carbocycles. The highest BCUT2D eigenvalue weighted by Gasteiger charge is 2.07. The van der Waals surface area contributed by atoms with E-state index in [0.717, 1.165) is 0 Å². The molecular formula is C5H8O6S. The first-order chi connectivity index (χ1) is 5.33. The monoisotopic (exact) mass is 196 g/mol. The molecule has 0 amide bonds. The maximum absolute atomic E-state index is 10.6. The zero-order valence-corrected chi connectivity index (χ0v) is 7.13. The third-order valence-electron chi connectivity index (χ3n) is 0.736. The number of ether oxygens (including phenoxy) is 1. The molecule has 0 radical (unpaired) electrons. The van der Waals surface area contributed by atoms with Gasteiger partial charge in [0.25, 0.3) is 0 Å². The minimum Gasteiger partial charge on any atom is -0.434 e. The Morgan fingerprint density at radius 2 is 2.08 bits per heavy atom. The van der Waals surface area contributed by atoms with Gasteiger partial charge in [0.2, 0.25) is 6.79 Å². The smallest absolute Gasteiger partial charge is 0.400 e. The van der Waals surface area contributed by atoms with E-state index in [1.54, 1.807) is 0 Å². The minimum absolute atomic E-state index is 0.105. The van der Waals surface area contributed by atoms with Crippen molar-refractivity contribution in [1.29, 1.82) is 0 Å². The fourth-order valence-corrected chi connectivity index (χ4v) is 0.431. The highest BCUT2D eigenvalue weighted by atomic mass is 32.3. The molecule has 0 aromatic heterocycles. The van der Waals surface area contributed by atoms with Gasteiger partial charge in [0, 0.05) is 5.57 Å². The van der Waals surface area contributed by atoms with Gasteiger partial charge < -0.3 is 4.74 Å². The first-order valence-electron chi connectivity index (χ1n) is 2.77. The number of hydrogen-bond donors (Lipinski definition) is 1. The molecule has 12 heavy (non-hydrogen) atoms. The Labute approximate surface area is 69.7 Å². The molecule has 0 aliphatic carbocycles. The van der Waals surface area contributed by atoms with Crippen molar-refractivity contribution >= 4 is 16.4 Å². The van der Waals surface area contributed by atoms with Crippen molar-refractivity contribution in [2.45, 2.75) is 6.92 Å². The summed E-state index contributed by atoms with van der Waals surface area (Å²) in [6, 6.07) is 0. The van der Waals surface area contributed by atoms with Gasteiger partial charge in [-0.2, -0.15) is 8.42 Å². The third-order valence-corrected chi connectivity index (χ3v) is 1.13. The summed E-state index contributed by atoms with van der Waals surface area (Å²) in [4.78, 5) is 10.6. The van der Waals surface area contributed by atoms with E-state index in [1.165, 1.54) is 6.92 Å². The van der Waals surface area contributed by atoms with E-state index in [1.807, 2.05) is 0 Å². The van der Waals surface area contributed by atoms with Crippen LogP contribution in [0.5, 0.6) is 0 Å². The van der Waals surface area contributed by atoms with Crippen molar-refractivity contribution in [3.05, 3.63) is 12.2 Å². The average molecular weight is 196 g/mol. The number of esters is 1. The van der Waals surface area contributed by atoms with Crippen LogP contribution < -0.4 is 0 Å². The van der Waals surface area contributed by atoms with Crippen molar-refractivity contribution in [3.8, 4) is 0 Å². The van der Waals surface area contributed by atoms with Crippen LogP contribution in [0.2, 0.25) is 0 Å². The quantitative estimate of drug-likeness (QED) is 0.292. The Morgan fingerprint density at radius 3 is 2.42 bits per heavy atom. The molecule has 0 aliphatic heterocycles. The molecule has 0 saturated carbocycles. The molecule has 0 heterocycles. The van der Waals surface area contributed by atoms with E-state index >= 15 is 0 Å². The van der Waals surface area contributed by atoms with Crippen LogP contribution in [-0.4, -0.2) is 25.7 Å². The van der Waals surface area contributed by atoms with E-state index in [4.69, 9.17) is 4.55 Å². The topological polar surface area (TPSA) is 89.9 Å². The first-order valence-corrected chi connectivity index (χ1v) is 4.14. The standard InChI is InChI=1S/C5H8O6S/c1-4(2)5(6)10-3-11-12(7,8)9/h1,3H2,2H3,(H,7,8,9). The van der Waals surface area contributed by atoms with Gasteiger partial charge in [0.15, 0.2) is 0 Å². The van der Waals surface area contributed by atoms with Crippen molar-refractivity contribution < 1.29 is 26.7 Å². The summed E-state index contributed by atoms with van der Waals surface area (Å²) in [6.45, 7) is 3.76. The summed E-state index contributed by atoms with van der Waals surface area (Å²) in [7, 11) is -4.55. The molecule has 1 N–H and O–H groups in total. The molecule has 0 saturated heterocycles. The second-order valence-corrected chi connectivity index (χ2v) is 2.97. The van der Waals surface area contributed by atoms with Crippen LogP contribution in [0.25, 0.3) is 0 Å². The van der Waals surface area contributed by atoms with Crippen LogP contribution in [0.15, 0.2) is 12.2 Å². The molecule has 0 atom stereocenters. The number of carbonyl (C=O) groups excluding carboxylic acids is 1. The van der Waals surface area contributed by atoms with Crippen molar-refractivity contribution in [3.63, 3.8) is 0 Å². The molecule has 0 fully saturated rings. The van der Waals surface area contributed by atoms with E-state index in [-0.39, 0.29) is 5.57 Å². The first kappa shape index (κ1) is 11.1. The van der Waals surface area contributed by atoms with Gasteiger partial charge in [-0.25, -0.2) is 8.98 Å². The zero-order valence-electron chi connectivity index (χ0n) is 6.31. The van der Waals surface area contributed by atoms with Crippen molar-refractivity contribution in [2.24, 2.45) is 0 Å². The van der Waals surface area contributed by atoms with Gasteiger partial charge in [-0.3, -0.25) is 4.55 Å². The minimum atomic E-state index is -4.55. The largest absolute Gasteiger partial charge is 0.434 e. The molecule has 6 nitrogen and oxygen atoms in total. The van der Waals surface area contributed by atoms with Crippen LogP contribution in [-0.2, 0) is 24.1 Å². The molecule has 7 heteroatoms. The van der Waals surface area contributed by atoms with E-state index in [2.05, 4.69) is 15.5 Å². The second-order valence-electron chi connectivity index (χ2n) is 1.88. The highest BCUT2D eigenvalue weighted by Crippen LogP contribution is 1.93. The van der Waals surface area contributed by atoms with E-state index in [0.29, 0.717) is 0 Å². The van der Waals surface area contributed by atoms with Crippen LogP contribution in [0.1, 0.15) is 6.92 Å². The Morgan fingerprint density at radius 1 is 1.58 bits per heavy atom. The lowest BCUT2D eigenvalue weighted by molar-refractivity contribution is -0.145. The summed E-state index contributed by atoms with van der Waals surface area (Å²) in [5.74, 6) is -0.793. The number of carbonyl (C=O) groups is 1. The predicted molar refractivity (Wildman–Crippen MR) is 38.4 cm³/mol. The second kappa shape index (κ2) is 4.19. The van der Waals surface area contributed by atoms with Gasteiger partial charge in [-0.1, -0.05) is 6.58 Å². The summed E-state index contributed by atoms with van der Waals surface area (Å²) in [6.07, 6.45) is 0. The fraction of sp³-hybridized carbons (Fsp3) is 0.400. The van der Waals surface area contributed by atoms with Crippen LogP contribution in [0, 0.1) is 0 Å². The Balaban J connectivity index is 3.73. The Bertz CT molecular complexity index is 276. The van der Waals surface area contributed by atoms with Crippen molar-refractivity contribution in [1.82, 2.24) is 0 Å². The van der Waals surface area contributed by atoms with Crippen LogP contribution >= 0.6 is 0 Å². The molecule has 0 unspecified atom stereocenters. The van der Waals surface area contributed by atoms with Crippen molar-refractivity contribution in [2.75, 3.05) is 6.79 Å². The third kappa shape index (κ3) is 5.83. The maximum Gasteiger partial charge on any atom is 0.400 e. The summed E-state index contributed by atoms with van der Waals surface area (Å²) >= 11 is 0. The van der Waals surface area contributed by atoms with Gasteiger partial charge in [-0.05, 0) is 6.92 Å². The average Bonchev–Trinajstić information content (AvgIpc) is 1.84.